The molecular formula is C14H28N2O2. The maximum atomic E-state index is 11.2. The van der Waals surface area contributed by atoms with Crippen molar-refractivity contribution in [2.75, 3.05) is 13.1 Å². The molecule has 0 spiro atoms. The van der Waals surface area contributed by atoms with Crippen LogP contribution in [0.2, 0.25) is 0 Å². The zero-order valence-corrected chi connectivity index (χ0v) is 12.1. The van der Waals surface area contributed by atoms with Crippen molar-refractivity contribution in [2.24, 2.45) is 5.92 Å². The molecule has 1 atom stereocenters. The van der Waals surface area contributed by atoms with E-state index in [0.29, 0.717) is 18.4 Å². The number of hydrogen-bond donors (Lipinski definition) is 2. The van der Waals surface area contributed by atoms with Crippen molar-refractivity contribution in [3.8, 4) is 0 Å². The average molecular weight is 256 g/mol. The Hall–Kier alpha value is -0.610. The van der Waals surface area contributed by atoms with Crippen LogP contribution in [0.4, 0.5) is 0 Å². The van der Waals surface area contributed by atoms with E-state index in [0.717, 1.165) is 13.1 Å². The largest absolute Gasteiger partial charge is 0.480 e. The first-order valence-corrected chi connectivity index (χ1v) is 7.13. The SMILES string of the molecule is CC(C)CN(CCC(NC(C)C)C(=O)O)C1CC1. The van der Waals surface area contributed by atoms with Gasteiger partial charge in [-0.2, -0.15) is 0 Å². The van der Waals surface area contributed by atoms with Gasteiger partial charge in [0, 0.05) is 25.2 Å². The molecule has 1 fully saturated rings. The number of rotatable bonds is 9. The summed E-state index contributed by atoms with van der Waals surface area (Å²) in [6.45, 7) is 10.4. The van der Waals surface area contributed by atoms with Gasteiger partial charge < -0.3 is 15.3 Å². The van der Waals surface area contributed by atoms with Gasteiger partial charge in [-0.1, -0.05) is 27.7 Å². The van der Waals surface area contributed by atoms with E-state index < -0.39 is 12.0 Å². The summed E-state index contributed by atoms with van der Waals surface area (Å²) in [4.78, 5) is 13.6. The van der Waals surface area contributed by atoms with Crippen LogP contribution in [0, 0.1) is 5.92 Å². The zero-order valence-electron chi connectivity index (χ0n) is 12.1. The first kappa shape index (κ1) is 15.4. The van der Waals surface area contributed by atoms with Gasteiger partial charge in [-0.3, -0.25) is 4.79 Å². The summed E-state index contributed by atoms with van der Waals surface area (Å²) < 4.78 is 0. The maximum Gasteiger partial charge on any atom is 0.320 e. The Morgan fingerprint density at radius 2 is 1.94 bits per heavy atom. The van der Waals surface area contributed by atoms with E-state index in [1.807, 2.05) is 13.8 Å². The number of carboxylic acids is 1. The van der Waals surface area contributed by atoms with E-state index in [1.54, 1.807) is 0 Å². The molecular weight excluding hydrogens is 228 g/mol. The second-order valence-corrected chi connectivity index (χ2v) is 6.12. The molecule has 0 radical (unpaired) electrons. The number of carboxylic acid groups (broad SMARTS) is 1. The van der Waals surface area contributed by atoms with Gasteiger partial charge in [0.05, 0.1) is 0 Å². The molecule has 1 unspecified atom stereocenters. The fourth-order valence-corrected chi connectivity index (χ4v) is 2.31. The minimum atomic E-state index is -0.732. The summed E-state index contributed by atoms with van der Waals surface area (Å²) in [5.74, 6) is -0.0871. The van der Waals surface area contributed by atoms with E-state index in [2.05, 4.69) is 24.1 Å². The zero-order chi connectivity index (χ0) is 13.7. The molecule has 4 nitrogen and oxygen atoms in total. The van der Waals surface area contributed by atoms with E-state index in [4.69, 9.17) is 0 Å². The lowest BCUT2D eigenvalue weighted by molar-refractivity contribution is -0.140. The summed E-state index contributed by atoms with van der Waals surface area (Å²) in [6, 6.07) is 0.505. The van der Waals surface area contributed by atoms with Gasteiger partial charge in [0.1, 0.15) is 6.04 Å². The lowest BCUT2D eigenvalue weighted by Gasteiger charge is -2.26. The molecule has 0 bridgehead atoms. The predicted molar refractivity (Wildman–Crippen MR) is 73.7 cm³/mol. The topological polar surface area (TPSA) is 52.6 Å². The number of carbonyl (C=O) groups is 1. The second kappa shape index (κ2) is 7.10. The number of nitrogens with one attached hydrogen (secondary N) is 1. The van der Waals surface area contributed by atoms with Crippen LogP contribution < -0.4 is 5.32 Å². The first-order chi connectivity index (χ1) is 8.40. The van der Waals surface area contributed by atoms with Gasteiger partial charge in [0.25, 0.3) is 0 Å². The molecule has 0 aromatic carbocycles. The van der Waals surface area contributed by atoms with E-state index in [9.17, 15) is 9.90 Å². The monoisotopic (exact) mass is 256 g/mol. The Kier molecular flexibility index (Phi) is 6.09. The van der Waals surface area contributed by atoms with Crippen LogP contribution in [0.1, 0.15) is 47.0 Å². The van der Waals surface area contributed by atoms with Crippen LogP contribution in [0.5, 0.6) is 0 Å². The highest BCUT2D eigenvalue weighted by molar-refractivity contribution is 5.73. The Morgan fingerprint density at radius 3 is 2.33 bits per heavy atom. The summed E-state index contributed by atoms with van der Waals surface area (Å²) in [5.41, 5.74) is 0. The van der Waals surface area contributed by atoms with Gasteiger partial charge >= 0.3 is 5.97 Å². The minimum absolute atomic E-state index is 0.213. The predicted octanol–water partition coefficient (Wildman–Crippen LogP) is 1.95. The summed E-state index contributed by atoms with van der Waals surface area (Å²) in [7, 11) is 0. The van der Waals surface area contributed by atoms with Crippen LogP contribution in [0.25, 0.3) is 0 Å². The lowest BCUT2D eigenvalue weighted by atomic mass is 10.1. The molecule has 0 aromatic heterocycles. The van der Waals surface area contributed by atoms with Crippen molar-refractivity contribution >= 4 is 5.97 Å². The molecule has 1 aliphatic carbocycles. The molecule has 0 aliphatic heterocycles. The van der Waals surface area contributed by atoms with Crippen molar-refractivity contribution in [3.05, 3.63) is 0 Å². The molecule has 0 amide bonds. The third-order valence-corrected chi connectivity index (χ3v) is 3.20. The fourth-order valence-electron chi connectivity index (χ4n) is 2.31. The standard InChI is InChI=1S/C14H28N2O2/c1-10(2)9-16(12-5-6-12)8-7-13(14(17)18)15-11(3)4/h10-13,15H,5-9H2,1-4H3,(H,17,18). The molecule has 1 rings (SSSR count). The third-order valence-electron chi connectivity index (χ3n) is 3.20. The number of aliphatic carboxylic acids is 1. The Morgan fingerprint density at radius 1 is 1.33 bits per heavy atom. The minimum Gasteiger partial charge on any atom is -0.480 e. The van der Waals surface area contributed by atoms with Crippen molar-refractivity contribution in [2.45, 2.75) is 65.1 Å². The van der Waals surface area contributed by atoms with Crippen molar-refractivity contribution in [1.82, 2.24) is 10.2 Å². The number of nitrogens with zero attached hydrogens (tertiary/aromatic N) is 1. The van der Waals surface area contributed by atoms with E-state index >= 15 is 0 Å². The molecule has 18 heavy (non-hydrogen) atoms. The molecule has 0 aromatic rings. The Balaban J connectivity index is 2.40. The van der Waals surface area contributed by atoms with Gasteiger partial charge in [-0.25, -0.2) is 0 Å². The average Bonchev–Trinajstić information content (AvgIpc) is 3.04. The molecule has 2 N–H and O–H groups in total. The molecule has 4 heteroatoms. The highest BCUT2D eigenvalue weighted by Gasteiger charge is 2.30. The summed E-state index contributed by atoms with van der Waals surface area (Å²) in [5, 5.41) is 12.3. The van der Waals surface area contributed by atoms with Crippen LogP contribution in [-0.2, 0) is 4.79 Å². The number of hydrogen-bond acceptors (Lipinski definition) is 3. The second-order valence-electron chi connectivity index (χ2n) is 6.12. The molecule has 0 heterocycles. The van der Waals surface area contributed by atoms with Crippen molar-refractivity contribution < 1.29 is 9.90 Å². The van der Waals surface area contributed by atoms with Gasteiger partial charge in [0.15, 0.2) is 0 Å². The first-order valence-electron chi connectivity index (χ1n) is 7.13. The third kappa shape index (κ3) is 5.83. The highest BCUT2D eigenvalue weighted by Crippen LogP contribution is 2.27. The highest BCUT2D eigenvalue weighted by atomic mass is 16.4. The Bertz CT molecular complexity index is 263. The summed E-state index contributed by atoms with van der Waals surface area (Å²) in [6.07, 6.45) is 3.25. The fraction of sp³-hybridized carbons (Fsp3) is 0.929. The van der Waals surface area contributed by atoms with Crippen LogP contribution in [-0.4, -0.2) is 47.2 Å². The van der Waals surface area contributed by atoms with Crippen molar-refractivity contribution in [3.63, 3.8) is 0 Å². The molecule has 0 saturated heterocycles. The maximum absolute atomic E-state index is 11.2. The van der Waals surface area contributed by atoms with E-state index in [-0.39, 0.29) is 6.04 Å². The Labute approximate surface area is 111 Å². The van der Waals surface area contributed by atoms with Crippen LogP contribution in [0.3, 0.4) is 0 Å². The van der Waals surface area contributed by atoms with Crippen molar-refractivity contribution in [1.29, 1.82) is 0 Å². The lowest BCUT2D eigenvalue weighted by Crippen LogP contribution is -2.43. The molecule has 1 aliphatic rings. The molecule has 106 valence electrons. The molecule has 1 saturated carbocycles. The van der Waals surface area contributed by atoms with Gasteiger partial charge in [-0.15, -0.1) is 0 Å². The quantitative estimate of drug-likeness (QED) is 0.662. The van der Waals surface area contributed by atoms with Crippen LogP contribution in [0.15, 0.2) is 0 Å². The van der Waals surface area contributed by atoms with Gasteiger partial charge in [0.2, 0.25) is 0 Å². The normalized spacial score (nSPS) is 17.7. The van der Waals surface area contributed by atoms with Crippen LogP contribution >= 0.6 is 0 Å². The van der Waals surface area contributed by atoms with E-state index in [1.165, 1.54) is 12.8 Å². The smallest absolute Gasteiger partial charge is 0.320 e. The summed E-state index contributed by atoms with van der Waals surface area (Å²) >= 11 is 0. The van der Waals surface area contributed by atoms with Gasteiger partial charge in [-0.05, 0) is 25.2 Å².